The fraction of sp³-hybridized carbons (Fsp3) is 0.375. The Morgan fingerprint density at radius 2 is 1.86 bits per heavy atom. The first kappa shape index (κ1) is 24.7. The van der Waals surface area contributed by atoms with Crippen LogP contribution in [0, 0.1) is 12.8 Å². The van der Waals surface area contributed by atoms with E-state index >= 15 is 0 Å². The molecule has 0 spiro atoms. The van der Waals surface area contributed by atoms with Crippen LogP contribution in [-0.4, -0.2) is 56.8 Å². The fourth-order valence-electron chi connectivity index (χ4n) is 4.14. The molecule has 10 nitrogen and oxygen atoms in total. The van der Waals surface area contributed by atoms with Gasteiger partial charge >= 0.3 is 5.97 Å². The van der Waals surface area contributed by atoms with E-state index in [0.29, 0.717) is 41.1 Å². The zero-order valence-electron chi connectivity index (χ0n) is 19.5. The summed E-state index contributed by atoms with van der Waals surface area (Å²) in [6, 6.07) is 9.46. The molecule has 0 atom stereocenters. The summed E-state index contributed by atoms with van der Waals surface area (Å²) in [5.41, 5.74) is 1.90. The molecule has 1 fully saturated rings. The Morgan fingerprint density at radius 3 is 2.51 bits per heavy atom. The van der Waals surface area contributed by atoms with Crippen molar-refractivity contribution >= 4 is 39.2 Å². The summed E-state index contributed by atoms with van der Waals surface area (Å²) in [6.45, 7) is 3.92. The van der Waals surface area contributed by atoms with Crippen LogP contribution in [0.25, 0.3) is 0 Å². The van der Waals surface area contributed by atoms with Crippen molar-refractivity contribution in [3.05, 3.63) is 47.5 Å². The maximum Gasteiger partial charge on any atom is 0.338 e. The number of carbonyl (C=O) groups excluding carboxylic acids is 3. The largest absolute Gasteiger partial charge is 0.482 e. The number of ether oxygens (including phenoxy) is 2. The van der Waals surface area contributed by atoms with Crippen molar-refractivity contribution in [2.45, 2.75) is 31.6 Å². The molecule has 2 aliphatic heterocycles. The van der Waals surface area contributed by atoms with Crippen LogP contribution in [0.15, 0.2) is 41.3 Å². The number of nitrogens with one attached hydrogen (secondary N) is 2. The van der Waals surface area contributed by atoms with Crippen LogP contribution in [-0.2, 0) is 24.3 Å². The Kier molecular flexibility index (Phi) is 7.08. The Morgan fingerprint density at radius 1 is 1.17 bits per heavy atom. The molecular formula is C24H27N3O7S. The molecule has 4 rings (SSSR count). The third-order valence-corrected chi connectivity index (χ3v) is 8.06. The minimum atomic E-state index is -3.80. The van der Waals surface area contributed by atoms with E-state index in [1.165, 1.54) is 10.4 Å². The van der Waals surface area contributed by atoms with Gasteiger partial charge in [-0.3, -0.25) is 9.59 Å². The van der Waals surface area contributed by atoms with E-state index in [4.69, 9.17) is 9.47 Å². The molecule has 35 heavy (non-hydrogen) atoms. The van der Waals surface area contributed by atoms with Gasteiger partial charge in [0.15, 0.2) is 6.61 Å². The number of anilines is 2. The molecule has 0 aromatic heterocycles. The number of sulfonamides is 1. The van der Waals surface area contributed by atoms with Crippen LogP contribution in [0.2, 0.25) is 0 Å². The number of amides is 2. The Bertz CT molecular complexity index is 1250. The molecule has 2 aromatic carbocycles. The third-order valence-electron chi connectivity index (χ3n) is 6.02. The first-order valence-electron chi connectivity index (χ1n) is 11.3. The molecule has 2 N–H and O–H groups in total. The second-order valence-electron chi connectivity index (χ2n) is 8.42. The zero-order valence-corrected chi connectivity index (χ0v) is 20.3. The molecule has 0 radical (unpaired) electrons. The van der Waals surface area contributed by atoms with Crippen molar-refractivity contribution in [1.82, 2.24) is 4.31 Å². The maximum atomic E-state index is 13.3. The van der Waals surface area contributed by atoms with Crippen molar-refractivity contribution < 1.29 is 32.3 Å². The lowest BCUT2D eigenvalue weighted by Crippen LogP contribution is -2.41. The van der Waals surface area contributed by atoms with Crippen LogP contribution < -0.4 is 15.4 Å². The highest BCUT2D eigenvalue weighted by Gasteiger charge is 2.34. The summed E-state index contributed by atoms with van der Waals surface area (Å²) in [5, 5.41) is 5.50. The summed E-state index contributed by atoms with van der Waals surface area (Å²) in [5.74, 6) is -0.932. The first-order valence-corrected chi connectivity index (χ1v) is 12.8. The van der Waals surface area contributed by atoms with Crippen molar-refractivity contribution in [3.63, 3.8) is 0 Å². The van der Waals surface area contributed by atoms with Crippen LogP contribution in [0.3, 0.4) is 0 Å². The minimum absolute atomic E-state index is 0.122. The van der Waals surface area contributed by atoms with Gasteiger partial charge in [-0.15, -0.1) is 0 Å². The van der Waals surface area contributed by atoms with Crippen molar-refractivity contribution in [2.75, 3.05) is 36.9 Å². The van der Waals surface area contributed by atoms with Gasteiger partial charge in [0.25, 0.3) is 5.91 Å². The molecule has 2 heterocycles. The van der Waals surface area contributed by atoms with Crippen molar-refractivity contribution in [1.29, 1.82) is 0 Å². The topological polar surface area (TPSA) is 131 Å². The zero-order chi connectivity index (χ0) is 25.2. The van der Waals surface area contributed by atoms with E-state index in [0.717, 1.165) is 0 Å². The number of carbonyl (C=O) groups is 3. The Balaban J connectivity index is 1.38. The number of piperidine rings is 1. The molecule has 186 valence electrons. The predicted octanol–water partition coefficient (Wildman–Crippen LogP) is 2.54. The lowest BCUT2D eigenvalue weighted by molar-refractivity contribution is -0.121. The van der Waals surface area contributed by atoms with E-state index in [2.05, 4.69) is 10.6 Å². The molecule has 0 saturated carbocycles. The average molecular weight is 502 g/mol. The highest BCUT2D eigenvalue weighted by molar-refractivity contribution is 7.89. The Labute approximate surface area is 203 Å². The van der Waals surface area contributed by atoms with E-state index in [9.17, 15) is 22.8 Å². The van der Waals surface area contributed by atoms with Gasteiger partial charge in [-0.25, -0.2) is 13.2 Å². The van der Waals surface area contributed by atoms with Gasteiger partial charge in [-0.1, -0.05) is 0 Å². The number of benzene rings is 2. The molecule has 0 unspecified atom stereocenters. The number of hydrogen-bond acceptors (Lipinski definition) is 7. The maximum absolute atomic E-state index is 13.3. The summed E-state index contributed by atoms with van der Waals surface area (Å²) in [6.07, 6.45) is 0.755. The van der Waals surface area contributed by atoms with Gasteiger partial charge in [-0.05, 0) is 62.6 Å². The summed E-state index contributed by atoms with van der Waals surface area (Å²) >= 11 is 0. The van der Waals surface area contributed by atoms with Gasteiger partial charge in [0, 0.05) is 30.8 Å². The van der Waals surface area contributed by atoms with Crippen LogP contribution in [0.5, 0.6) is 5.75 Å². The monoisotopic (exact) mass is 501 g/mol. The molecular weight excluding hydrogens is 474 g/mol. The van der Waals surface area contributed by atoms with Gasteiger partial charge in [-0.2, -0.15) is 4.31 Å². The van der Waals surface area contributed by atoms with Gasteiger partial charge in [0.05, 0.1) is 22.8 Å². The average Bonchev–Trinajstić information content (AvgIpc) is 2.84. The van der Waals surface area contributed by atoms with Gasteiger partial charge in [0.2, 0.25) is 15.9 Å². The van der Waals surface area contributed by atoms with Crippen LogP contribution >= 0.6 is 0 Å². The summed E-state index contributed by atoms with van der Waals surface area (Å²) in [7, 11) is -3.80. The molecule has 2 aromatic rings. The number of hydrogen-bond donors (Lipinski definition) is 2. The van der Waals surface area contributed by atoms with E-state index in [-0.39, 0.29) is 48.9 Å². The minimum Gasteiger partial charge on any atom is -0.482 e. The predicted molar refractivity (Wildman–Crippen MR) is 128 cm³/mol. The second kappa shape index (κ2) is 10.0. The lowest BCUT2D eigenvalue weighted by Gasteiger charge is -2.31. The normalized spacial score (nSPS) is 16.6. The van der Waals surface area contributed by atoms with E-state index < -0.39 is 16.0 Å². The van der Waals surface area contributed by atoms with Crippen molar-refractivity contribution in [2.24, 2.45) is 5.92 Å². The fourth-order valence-corrected chi connectivity index (χ4v) is 5.83. The molecule has 0 aliphatic carbocycles. The SMILES string of the molecule is CCOC(=O)c1ccc(NC(=O)C2CCN(S(=O)(=O)c3cc4c(cc3C)NC(=O)CO4)CC2)cc1. The number of aryl methyl sites for hydroxylation is 1. The van der Waals surface area contributed by atoms with E-state index in [1.54, 1.807) is 44.2 Å². The second-order valence-corrected chi connectivity index (χ2v) is 10.3. The number of fused-ring (bicyclic) bond motifs is 1. The summed E-state index contributed by atoms with van der Waals surface area (Å²) in [4.78, 5) is 36.1. The Hall–Kier alpha value is -3.44. The molecule has 2 amide bonds. The van der Waals surface area contributed by atoms with Gasteiger partial charge < -0.3 is 20.1 Å². The number of nitrogens with zero attached hydrogens (tertiary/aromatic N) is 1. The van der Waals surface area contributed by atoms with Crippen LogP contribution in [0.1, 0.15) is 35.7 Å². The highest BCUT2D eigenvalue weighted by Crippen LogP contribution is 2.35. The first-order chi connectivity index (χ1) is 16.7. The van der Waals surface area contributed by atoms with Crippen molar-refractivity contribution in [3.8, 4) is 5.75 Å². The summed E-state index contributed by atoms with van der Waals surface area (Å²) < 4.78 is 38.3. The number of rotatable bonds is 6. The van der Waals surface area contributed by atoms with Gasteiger partial charge in [0.1, 0.15) is 5.75 Å². The standard InChI is InChI=1S/C24H27N3O7S/c1-3-33-24(30)17-4-6-18(7-5-17)25-23(29)16-8-10-27(11-9-16)35(31,32)21-13-20-19(12-15(21)2)26-22(28)14-34-20/h4-7,12-13,16H,3,8-11,14H2,1-2H3,(H,25,29)(H,26,28). The van der Waals surface area contributed by atoms with Crippen LogP contribution in [0.4, 0.5) is 11.4 Å². The lowest BCUT2D eigenvalue weighted by atomic mass is 9.97. The molecule has 0 bridgehead atoms. The number of esters is 1. The smallest absolute Gasteiger partial charge is 0.338 e. The highest BCUT2D eigenvalue weighted by atomic mass is 32.2. The van der Waals surface area contributed by atoms with E-state index in [1.807, 2.05) is 0 Å². The third kappa shape index (κ3) is 5.30. The molecule has 2 aliphatic rings. The quantitative estimate of drug-likeness (QED) is 0.582. The molecule has 1 saturated heterocycles. The molecule has 11 heteroatoms.